The van der Waals surface area contributed by atoms with Gasteiger partial charge in [0.15, 0.2) is 11.5 Å². The van der Waals surface area contributed by atoms with E-state index in [0.29, 0.717) is 6.61 Å². The predicted octanol–water partition coefficient (Wildman–Crippen LogP) is 4.09. The summed E-state index contributed by atoms with van der Waals surface area (Å²) in [7, 11) is 5.09. The Labute approximate surface area is 158 Å². The number of hydrogen-bond acceptors (Lipinski definition) is 5. The maximum absolute atomic E-state index is 6.46. The largest absolute Gasteiger partial charge is 0.493 e. The summed E-state index contributed by atoms with van der Waals surface area (Å²) >= 11 is 0. The first kappa shape index (κ1) is 21.0. The highest BCUT2D eigenvalue weighted by atomic mass is 16.5. The van der Waals surface area contributed by atoms with Crippen molar-refractivity contribution < 1.29 is 18.9 Å². The number of rotatable bonds is 6. The fourth-order valence-corrected chi connectivity index (χ4v) is 3.73. The van der Waals surface area contributed by atoms with Gasteiger partial charge >= 0.3 is 0 Å². The Kier molecular flexibility index (Phi) is 6.59. The molecule has 0 aromatic heterocycles. The number of benzene rings is 1. The van der Waals surface area contributed by atoms with Gasteiger partial charge in [0.2, 0.25) is 0 Å². The number of hydrogen-bond donors (Lipinski definition) is 0. The molecule has 0 N–H and O–H groups in total. The topological polar surface area (TPSA) is 40.2 Å². The van der Waals surface area contributed by atoms with Crippen molar-refractivity contribution in [3.8, 4) is 11.5 Å². The standard InChI is InChI=1S/C21H35NO4/c1-20(2,3)22-13-16(23-6)12-21(4,5)19(22)26-14-15-9-10-17(24-7)18(11-15)25-8/h9-11,16,19H,12-14H2,1-8H3. The summed E-state index contributed by atoms with van der Waals surface area (Å²) in [6.45, 7) is 12.6. The summed E-state index contributed by atoms with van der Waals surface area (Å²) in [5.74, 6) is 1.46. The molecule has 1 aliphatic heterocycles. The number of ether oxygens (including phenoxy) is 4. The van der Waals surface area contributed by atoms with Gasteiger partial charge in [-0.15, -0.1) is 0 Å². The number of likely N-dealkylation sites (tertiary alicyclic amines) is 1. The van der Waals surface area contributed by atoms with E-state index in [-0.39, 0.29) is 23.3 Å². The van der Waals surface area contributed by atoms with E-state index in [1.807, 2.05) is 18.2 Å². The van der Waals surface area contributed by atoms with E-state index in [2.05, 4.69) is 39.5 Å². The first-order valence-corrected chi connectivity index (χ1v) is 9.24. The molecule has 1 aliphatic rings. The van der Waals surface area contributed by atoms with Crippen molar-refractivity contribution in [2.75, 3.05) is 27.9 Å². The van der Waals surface area contributed by atoms with Crippen LogP contribution in [0.15, 0.2) is 18.2 Å². The quantitative estimate of drug-likeness (QED) is 0.759. The van der Waals surface area contributed by atoms with Crippen molar-refractivity contribution in [1.29, 1.82) is 0 Å². The third kappa shape index (κ3) is 4.70. The maximum Gasteiger partial charge on any atom is 0.161 e. The first-order valence-electron chi connectivity index (χ1n) is 9.24. The molecule has 0 radical (unpaired) electrons. The Morgan fingerprint density at radius 3 is 2.27 bits per heavy atom. The minimum absolute atomic E-state index is 0.00324. The highest BCUT2D eigenvalue weighted by Gasteiger charge is 2.46. The Balaban J connectivity index is 2.19. The van der Waals surface area contributed by atoms with Crippen molar-refractivity contribution in [1.82, 2.24) is 4.90 Å². The molecule has 5 nitrogen and oxygen atoms in total. The summed E-state index contributed by atoms with van der Waals surface area (Å²) in [6.07, 6.45) is 1.22. The van der Waals surface area contributed by atoms with Gasteiger partial charge in [-0.25, -0.2) is 0 Å². The van der Waals surface area contributed by atoms with Crippen LogP contribution in [0.4, 0.5) is 0 Å². The average molecular weight is 366 g/mol. The number of piperidine rings is 1. The third-order valence-corrected chi connectivity index (χ3v) is 5.16. The van der Waals surface area contributed by atoms with Crippen molar-refractivity contribution in [3.05, 3.63) is 23.8 Å². The fourth-order valence-electron chi connectivity index (χ4n) is 3.73. The van der Waals surface area contributed by atoms with Crippen LogP contribution in [0.2, 0.25) is 0 Å². The molecule has 1 fully saturated rings. The lowest BCUT2D eigenvalue weighted by atomic mass is 9.78. The molecule has 0 amide bonds. The van der Waals surface area contributed by atoms with Crippen LogP contribution >= 0.6 is 0 Å². The smallest absolute Gasteiger partial charge is 0.161 e. The summed E-state index contributed by atoms with van der Waals surface area (Å²) in [4.78, 5) is 2.42. The minimum Gasteiger partial charge on any atom is -0.493 e. The van der Waals surface area contributed by atoms with Gasteiger partial charge in [0.25, 0.3) is 0 Å². The van der Waals surface area contributed by atoms with E-state index >= 15 is 0 Å². The summed E-state index contributed by atoms with van der Waals surface area (Å²) in [5, 5.41) is 0. The van der Waals surface area contributed by atoms with Crippen molar-refractivity contribution in [3.63, 3.8) is 0 Å². The second-order valence-corrected chi connectivity index (χ2v) is 8.73. The van der Waals surface area contributed by atoms with Gasteiger partial charge in [-0.2, -0.15) is 0 Å². The fraction of sp³-hybridized carbons (Fsp3) is 0.714. The molecule has 2 rings (SSSR count). The molecule has 2 unspecified atom stereocenters. The van der Waals surface area contributed by atoms with Gasteiger partial charge in [-0.05, 0) is 44.9 Å². The Morgan fingerprint density at radius 1 is 1.08 bits per heavy atom. The monoisotopic (exact) mass is 365 g/mol. The summed E-state index contributed by atoms with van der Waals surface area (Å²) in [6, 6.07) is 5.93. The van der Waals surface area contributed by atoms with E-state index < -0.39 is 0 Å². The zero-order chi connectivity index (χ0) is 19.5. The summed E-state index contributed by atoms with van der Waals surface area (Å²) < 4.78 is 22.9. The number of methoxy groups -OCH3 is 3. The summed E-state index contributed by atoms with van der Waals surface area (Å²) in [5.41, 5.74) is 1.06. The van der Waals surface area contributed by atoms with Crippen LogP contribution < -0.4 is 9.47 Å². The molecular formula is C21H35NO4. The average Bonchev–Trinajstić information content (AvgIpc) is 2.58. The van der Waals surface area contributed by atoms with Crippen LogP contribution in [-0.2, 0) is 16.1 Å². The molecule has 0 aliphatic carbocycles. The van der Waals surface area contributed by atoms with E-state index in [1.54, 1.807) is 21.3 Å². The zero-order valence-electron chi connectivity index (χ0n) is 17.6. The highest BCUT2D eigenvalue weighted by molar-refractivity contribution is 5.42. The van der Waals surface area contributed by atoms with Crippen LogP contribution in [0.25, 0.3) is 0 Å². The molecule has 1 aromatic carbocycles. The Morgan fingerprint density at radius 2 is 1.73 bits per heavy atom. The van der Waals surface area contributed by atoms with Crippen LogP contribution in [0.1, 0.15) is 46.6 Å². The maximum atomic E-state index is 6.46. The van der Waals surface area contributed by atoms with Crippen molar-refractivity contribution in [2.24, 2.45) is 5.41 Å². The second-order valence-electron chi connectivity index (χ2n) is 8.73. The molecule has 1 aromatic rings. The first-order chi connectivity index (χ1) is 12.1. The second kappa shape index (κ2) is 8.15. The molecule has 0 bridgehead atoms. The SMILES string of the molecule is COc1ccc(COC2N(C(C)(C)C)CC(OC)CC2(C)C)cc1OC. The van der Waals surface area contributed by atoms with Gasteiger partial charge < -0.3 is 18.9 Å². The van der Waals surface area contributed by atoms with Crippen LogP contribution in [0.3, 0.4) is 0 Å². The molecule has 2 atom stereocenters. The lowest BCUT2D eigenvalue weighted by Gasteiger charge is -2.53. The van der Waals surface area contributed by atoms with Gasteiger partial charge in [0.1, 0.15) is 6.23 Å². The molecule has 0 spiro atoms. The van der Waals surface area contributed by atoms with Crippen LogP contribution in [0.5, 0.6) is 11.5 Å². The zero-order valence-corrected chi connectivity index (χ0v) is 17.6. The lowest BCUT2D eigenvalue weighted by Crippen LogP contribution is -2.62. The van der Waals surface area contributed by atoms with Gasteiger partial charge in [0, 0.05) is 24.6 Å². The molecule has 1 heterocycles. The molecular weight excluding hydrogens is 330 g/mol. The van der Waals surface area contributed by atoms with Crippen molar-refractivity contribution in [2.45, 2.75) is 65.5 Å². The number of nitrogens with zero attached hydrogens (tertiary/aromatic N) is 1. The van der Waals surface area contributed by atoms with Gasteiger partial charge in [-0.1, -0.05) is 19.9 Å². The highest BCUT2D eigenvalue weighted by Crippen LogP contribution is 2.40. The molecule has 148 valence electrons. The molecule has 1 saturated heterocycles. The van der Waals surface area contributed by atoms with Gasteiger partial charge in [-0.3, -0.25) is 4.90 Å². The van der Waals surface area contributed by atoms with Crippen LogP contribution in [-0.4, -0.2) is 50.6 Å². The lowest BCUT2D eigenvalue weighted by molar-refractivity contribution is -0.206. The third-order valence-electron chi connectivity index (χ3n) is 5.16. The minimum atomic E-state index is -0.0111. The normalized spacial score (nSPS) is 23.7. The predicted molar refractivity (Wildman–Crippen MR) is 104 cm³/mol. The van der Waals surface area contributed by atoms with E-state index in [0.717, 1.165) is 30.0 Å². The molecule has 26 heavy (non-hydrogen) atoms. The van der Waals surface area contributed by atoms with Gasteiger partial charge in [0.05, 0.1) is 26.9 Å². The molecule has 0 saturated carbocycles. The molecule has 5 heteroatoms. The van der Waals surface area contributed by atoms with E-state index in [4.69, 9.17) is 18.9 Å². The van der Waals surface area contributed by atoms with Crippen molar-refractivity contribution >= 4 is 0 Å². The Bertz CT molecular complexity index is 594. The Hall–Kier alpha value is -1.30. The van der Waals surface area contributed by atoms with Crippen LogP contribution in [0, 0.1) is 5.41 Å². The van der Waals surface area contributed by atoms with E-state index in [9.17, 15) is 0 Å². The van der Waals surface area contributed by atoms with E-state index in [1.165, 1.54) is 0 Å².